The van der Waals surface area contributed by atoms with Crippen LogP contribution in [0.2, 0.25) is 0 Å². The summed E-state index contributed by atoms with van der Waals surface area (Å²) in [6, 6.07) is 5.37. The molecule has 170 valence electrons. The standard InChI is InChI=1S/C21H28N8O2S/c1-4-11-32(30,31)27-16-6-5-15(2)17(12-16)25-20-19-18(23-14-24-20)13-22-21(26-19)29-9-7-28(3)8-10-29/h5-6,12-14,27H,4,7-11H2,1-3H3,(H,23,24,25). The van der Waals surface area contributed by atoms with Gasteiger partial charge in [0.2, 0.25) is 16.0 Å². The molecule has 1 saturated heterocycles. The van der Waals surface area contributed by atoms with Gasteiger partial charge >= 0.3 is 0 Å². The number of aromatic nitrogens is 4. The molecule has 10 nitrogen and oxygen atoms in total. The molecule has 11 heteroatoms. The van der Waals surface area contributed by atoms with Gasteiger partial charge in [0, 0.05) is 31.9 Å². The number of piperazine rings is 1. The Hall–Kier alpha value is -3.05. The molecular formula is C21H28N8O2S. The summed E-state index contributed by atoms with van der Waals surface area (Å²) in [6.45, 7) is 7.41. The van der Waals surface area contributed by atoms with E-state index in [1.807, 2.05) is 19.9 Å². The van der Waals surface area contributed by atoms with Gasteiger partial charge in [-0.05, 0) is 38.1 Å². The lowest BCUT2D eigenvalue weighted by atomic mass is 10.2. The maximum absolute atomic E-state index is 12.2. The number of nitrogens with one attached hydrogen (secondary N) is 2. The number of rotatable bonds is 7. The van der Waals surface area contributed by atoms with Crippen molar-refractivity contribution in [3.8, 4) is 0 Å². The number of likely N-dealkylation sites (N-methyl/N-ethyl adjacent to an activating group) is 1. The molecule has 4 rings (SSSR count). The number of hydrogen-bond donors (Lipinski definition) is 2. The third-order valence-corrected chi connectivity index (χ3v) is 6.88. The van der Waals surface area contributed by atoms with Crippen LogP contribution in [0.25, 0.3) is 11.0 Å². The quantitative estimate of drug-likeness (QED) is 0.553. The Bertz CT molecular complexity index is 1210. The molecule has 0 aliphatic carbocycles. The summed E-state index contributed by atoms with van der Waals surface area (Å²) in [5.74, 6) is 1.28. The molecule has 32 heavy (non-hydrogen) atoms. The van der Waals surface area contributed by atoms with E-state index in [0.717, 1.165) is 37.4 Å². The van der Waals surface area contributed by atoms with Crippen molar-refractivity contribution in [2.24, 2.45) is 0 Å². The average Bonchev–Trinajstić information content (AvgIpc) is 2.76. The monoisotopic (exact) mass is 456 g/mol. The Balaban J connectivity index is 1.64. The van der Waals surface area contributed by atoms with Gasteiger partial charge in [0.1, 0.15) is 17.4 Å². The SMILES string of the molecule is CCCS(=O)(=O)Nc1ccc(C)c(Nc2ncnc3cnc(N4CCN(C)CC4)nc23)c1. The highest BCUT2D eigenvalue weighted by Gasteiger charge is 2.18. The Morgan fingerprint density at radius 3 is 2.62 bits per heavy atom. The predicted octanol–water partition coefficient (Wildman–Crippen LogP) is 2.38. The van der Waals surface area contributed by atoms with E-state index >= 15 is 0 Å². The van der Waals surface area contributed by atoms with E-state index in [0.29, 0.717) is 34.9 Å². The van der Waals surface area contributed by atoms with Gasteiger partial charge in [-0.3, -0.25) is 4.72 Å². The Labute approximate surface area is 188 Å². The first-order valence-corrected chi connectivity index (χ1v) is 12.3. The van der Waals surface area contributed by atoms with E-state index < -0.39 is 10.0 Å². The number of hydrogen-bond acceptors (Lipinski definition) is 9. The van der Waals surface area contributed by atoms with Crippen LogP contribution in [0.4, 0.5) is 23.1 Å². The van der Waals surface area contributed by atoms with Gasteiger partial charge in [0.25, 0.3) is 0 Å². The second kappa shape index (κ2) is 9.21. The summed E-state index contributed by atoms with van der Waals surface area (Å²) in [7, 11) is -1.27. The van der Waals surface area contributed by atoms with Crippen molar-refractivity contribution in [3.05, 3.63) is 36.3 Å². The first-order valence-electron chi connectivity index (χ1n) is 10.6. The second-order valence-electron chi connectivity index (χ2n) is 7.99. The molecule has 3 heterocycles. The van der Waals surface area contributed by atoms with Crippen molar-refractivity contribution in [1.82, 2.24) is 24.8 Å². The summed E-state index contributed by atoms with van der Waals surface area (Å²) in [5.41, 5.74) is 3.44. The molecule has 0 atom stereocenters. The van der Waals surface area contributed by atoms with Gasteiger partial charge in [-0.15, -0.1) is 0 Å². The molecule has 2 aromatic heterocycles. The number of fused-ring (bicyclic) bond motifs is 1. The Kier molecular flexibility index (Phi) is 6.38. The summed E-state index contributed by atoms with van der Waals surface area (Å²) in [6.07, 6.45) is 3.73. The largest absolute Gasteiger partial charge is 0.338 e. The number of anilines is 4. The van der Waals surface area contributed by atoms with Crippen molar-refractivity contribution in [3.63, 3.8) is 0 Å². The smallest absolute Gasteiger partial charge is 0.232 e. The second-order valence-corrected chi connectivity index (χ2v) is 9.83. The Morgan fingerprint density at radius 2 is 1.88 bits per heavy atom. The van der Waals surface area contributed by atoms with E-state index in [-0.39, 0.29) is 5.75 Å². The highest BCUT2D eigenvalue weighted by atomic mass is 32.2. The molecule has 0 saturated carbocycles. The van der Waals surface area contributed by atoms with Crippen LogP contribution in [-0.2, 0) is 10.0 Å². The van der Waals surface area contributed by atoms with Crippen LogP contribution in [0, 0.1) is 6.92 Å². The average molecular weight is 457 g/mol. The van der Waals surface area contributed by atoms with E-state index in [2.05, 4.69) is 41.8 Å². The Morgan fingerprint density at radius 1 is 1.09 bits per heavy atom. The van der Waals surface area contributed by atoms with Gasteiger partial charge in [0.05, 0.1) is 17.6 Å². The molecule has 0 radical (unpaired) electrons. The highest BCUT2D eigenvalue weighted by Crippen LogP contribution is 2.27. The lowest BCUT2D eigenvalue weighted by Gasteiger charge is -2.32. The van der Waals surface area contributed by atoms with E-state index in [1.54, 1.807) is 18.3 Å². The normalized spacial score (nSPS) is 15.2. The fourth-order valence-corrected chi connectivity index (χ4v) is 4.67. The van der Waals surface area contributed by atoms with Gasteiger partial charge in [-0.1, -0.05) is 13.0 Å². The summed E-state index contributed by atoms with van der Waals surface area (Å²) < 4.78 is 27.0. The summed E-state index contributed by atoms with van der Waals surface area (Å²) in [5, 5.41) is 3.31. The third-order valence-electron chi connectivity index (χ3n) is 5.39. The van der Waals surface area contributed by atoms with Gasteiger partial charge < -0.3 is 15.1 Å². The lowest BCUT2D eigenvalue weighted by molar-refractivity contribution is 0.311. The van der Waals surface area contributed by atoms with Gasteiger partial charge in [-0.25, -0.2) is 28.4 Å². The van der Waals surface area contributed by atoms with Crippen molar-refractivity contribution >= 4 is 44.2 Å². The number of benzene rings is 1. The molecule has 1 aromatic carbocycles. The van der Waals surface area contributed by atoms with Crippen LogP contribution in [0.15, 0.2) is 30.7 Å². The molecule has 0 unspecified atom stereocenters. The molecule has 1 aliphatic rings. The van der Waals surface area contributed by atoms with Crippen LogP contribution in [0.3, 0.4) is 0 Å². The lowest BCUT2D eigenvalue weighted by Crippen LogP contribution is -2.45. The maximum atomic E-state index is 12.2. The zero-order valence-corrected chi connectivity index (χ0v) is 19.4. The predicted molar refractivity (Wildman–Crippen MR) is 127 cm³/mol. The fraction of sp³-hybridized carbons (Fsp3) is 0.429. The molecule has 3 aromatic rings. The molecule has 1 fully saturated rings. The van der Waals surface area contributed by atoms with E-state index in [4.69, 9.17) is 4.98 Å². The molecule has 0 amide bonds. The number of nitrogens with zero attached hydrogens (tertiary/aromatic N) is 6. The topological polar surface area (TPSA) is 116 Å². The van der Waals surface area contributed by atoms with Crippen LogP contribution in [0.1, 0.15) is 18.9 Å². The molecule has 0 spiro atoms. The van der Waals surface area contributed by atoms with Crippen LogP contribution < -0.4 is 14.9 Å². The first-order chi connectivity index (χ1) is 15.3. The van der Waals surface area contributed by atoms with Crippen molar-refractivity contribution < 1.29 is 8.42 Å². The van der Waals surface area contributed by atoms with E-state index in [9.17, 15) is 8.42 Å². The van der Waals surface area contributed by atoms with Gasteiger partial charge in [0.15, 0.2) is 5.82 Å². The van der Waals surface area contributed by atoms with Crippen molar-refractivity contribution in [1.29, 1.82) is 0 Å². The summed E-state index contributed by atoms with van der Waals surface area (Å²) in [4.78, 5) is 22.4. The van der Waals surface area contributed by atoms with Crippen molar-refractivity contribution in [2.45, 2.75) is 20.3 Å². The van der Waals surface area contributed by atoms with Crippen LogP contribution in [0.5, 0.6) is 0 Å². The van der Waals surface area contributed by atoms with Crippen LogP contribution >= 0.6 is 0 Å². The summed E-state index contributed by atoms with van der Waals surface area (Å²) >= 11 is 0. The minimum Gasteiger partial charge on any atom is -0.338 e. The van der Waals surface area contributed by atoms with Gasteiger partial charge in [-0.2, -0.15) is 0 Å². The highest BCUT2D eigenvalue weighted by molar-refractivity contribution is 7.92. The maximum Gasteiger partial charge on any atom is 0.232 e. The number of sulfonamides is 1. The molecule has 2 N–H and O–H groups in total. The van der Waals surface area contributed by atoms with Crippen molar-refractivity contribution in [2.75, 3.05) is 53.9 Å². The van der Waals surface area contributed by atoms with Crippen LogP contribution in [-0.4, -0.2) is 72.2 Å². The third kappa shape index (κ3) is 5.05. The minimum absolute atomic E-state index is 0.0756. The molecule has 0 bridgehead atoms. The zero-order chi connectivity index (χ0) is 22.7. The number of aryl methyl sites for hydroxylation is 1. The molecular weight excluding hydrogens is 428 g/mol. The molecule has 1 aliphatic heterocycles. The minimum atomic E-state index is -3.38. The van der Waals surface area contributed by atoms with E-state index in [1.165, 1.54) is 6.33 Å². The zero-order valence-electron chi connectivity index (χ0n) is 18.5. The first kappa shape index (κ1) is 22.2. The fourth-order valence-electron chi connectivity index (χ4n) is 3.54.